The molecule has 0 saturated carbocycles. The monoisotopic (exact) mass is 390 g/mol. The van der Waals surface area contributed by atoms with Crippen LogP contribution < -0.4 is 0 Å². The molecule has 3 aromatic heterocycles. The van der Waals surface area contributed by atoms with Crippen molar-refractivity contribution in [3.63, 3.8) is 0 Å². The lowest BCUT2D eigenvalue weighted by molar-refractivity contribution is 0.461. The van der Waals surface area contributed by atoms with E-state index < -0.39 is 0 Å². The second kappa shape index (κ2) is 6.99. The summed E-state index contributed by atoms with van der Waals surface area (Å²) in [6.45, 7) is 1.95. The molecule has 4 aromatic rings. The molecule has 6 nitrogen and oxygen atoms in total. The molecule has 0 spiro atoms. The second-order valence-corrected chi connectivity index (χ2v) is 7.74. The number of benzene rings is 1. The lowest BCUT2D eigenvalue weighted by atomic mass is 10.2. The van der Waals surface area contributed by atoms with Crippen LogP contribution >= 0.6 is 34.7 Å². The molecule has 0 fully saturated rings. The van der Waals surface area contributed by atoms with Gasteiger partial charge in [-0.05, 0) is 42.6 Å². The normalized spacial score (nSPS) is 12.4. The van der Waals surface area contributed by atoms with Crippen LogP contribution in [0.15, 0.2) is 55.8 Å². The highest BCUT2D eigenvalue weighted by atomic mass is 35.5. The first-order valence-electron chi connectivity index (χ1n) is 7.32. The van der Waals surface area contributed by atoms with Gasteiger partial charge in [0.05, 0.1) is 10.1 Å². The molecule has 0 amide bonds. The Hall–Kier alpha value is -2.16. The Bertz CT molecular complexity index is 966. The van der Waals surface area contributed by atoms with Crippen molar-refractivity contribution in [1.29, 1.82) is 0 Å². The highest BCUT2D eigenvalue weighted by Crippen LogP contribution is 2.36. The van der Waals surface area contributed by atoms with Crippen LogP contribution in [0.25, 0.3) is 22.2 Å². The van der Waals surface area contributed by atoms with Crippen molar-refractivity contribution in [2.24, 2.45) is 0 Å². The summed E-state index contributed by atoms with van der Waals surface area (Å²) >= 11 is 8.81. The van der Waals surface area contributed by atoms with Crippen LogP contribution in [-0.2, 0) is 0 Å². The molecule has 0 radical (unpaired) electrons. The van der Waals surface area contributed by atoms with Gasteiger partial charge >= 0.3 is 0 Å². The molecule has 1 atom stereocenters. The van der Waals surface area contributed by atoms with E-state index in [2.05, 4.69) is 20.4 Å². The van der Waals surface area contributed by atoms with Crippen molar-refractivity contribution in [1.82, 2.24) is 20.4 Å². The van der Waals surface area contributed by atoms with E-state index in [0.717, 1.165) is 10.4 Å². The molecule has 25 heavy (non-hydrogen) atoms. The zero-order chi connectivity index (χ0) is 17.2. The van der Waals surface area contributed by atoms with Gasteiger partial charge in [0.1, 0.15) is 0 Å². The Morgan fingerprint density at radius 1 is 1.00 bits per heavy atom. The van der Waals surface area contributed by atoms with Crippen LogP contribution in [0, 0.1) is 0 Å². The summed E-state index contributed by atoms with van der Waals surface area (Å²) in [7, 11) is 0. The van der Waals surface area contributed by atoms with Crippen molar-refractivity contribution < 1.29 is 8.83 Å². The van der Waals surface area contributed by atoms with Crippen molar-refractivity contribution in [3.8, 4) is 22.2 Å². The molecule has 0 aliphatic carbocycles. The predicted molar refractivity (Wildman–Crippen MR) is 96.6 cm³/mol. The van der Waals surface area contributed by atoms with E-state index in [-0.39, 0.29) is 5.25 Å². The predicted octanol–water partition coefficient (Wildman–Crippen LogP) is 5.35. The van der Waals surface area contributed by atoms with E-state index in [1.807, 2.05) is 36.6 Å². The van der Waals surface area contributed by atoms with Gasteiger partial charge in [0.2, 0.25) is 11.8 Å². The first-order valence-corrected chi connectivity index (χ1v) is 9.46. The summed E-state index contributed by atoms with van der Waals surface area (Å²) in [6.07, 6.45) is 0. The largest absolute Gasteiger partial charge is 0.419 e. The van der Waals surface area contributed by atoms with Crippen LogP contribution in [0.1, 0.15) is 18.1 Å². The Morgan fingerprint density at radius 2 is 1.80 bits per heavy atom. The molecular formula is C16H11ClN4O2S2. The molecule has 0 aliphatic rings. The number of rotatable bonds is 5. The third kappa shape index (κ3) is 3.60. The fraction of sp³-hybridized carbons (Fsp3) is 0.125. The van der Waals surface area contributed by atoms with Crippen LogP contribution in [0.5, 0.6) is 0 Å². The fourth-order valence-electron chi connectivity index (χ4n) is 2.07. The maximum Gasteiger partial charge on any atom is 0.277 e. The average molecular weight is 391 g/mol. The van der Waals surface area contributed by atoms with E-state index in [1.54, 1.807) is 23.5 Å². The lowest BCUT2D eigenvalue weighted by Crippen LogP contribution is -1.88. The molecule has 126 valence electrons. The molecule has 1 aromatic carbocycles. The summed E-state index contributed by atoms with van der Waals surface area (Å²) in [4.78, 5) is 0.943. The zero-order valence-corrected chi connectivity index (χ0v) is 15.3. The zero-order valence-electron chi connectivity index (χ0n) is 12.9. The highest BCUT2D eigenvalue weighted by Gasteiger charge is 2.20. The van der Waals surface area contributed by atoms with E-state index in [1.165, 1.54) is 11.8 Å². The highest BCUT2D eigenvalue weighted by molar-refractivity contribution is 7.99. The van der Waals surface area contributed by atoms with E-state index in [0.29, 0.717) is 27.9 Å². The third-order valence-corrected chi connectivity index (χ3v) is 5.33. The minimum Gasteiger partial charge on any atom is -0.419 e. The molecule has 0 saturated heterocycles. The van der Waals surface area contributed by atoms with Gasteiger partial charge in [-0.25, -0.2) is 0 Å². The molecule has 0 N–H and O–H groups in total. The first kappa shape index (κ1) is 16.3. The lowest BCUT2D eigenvalue weighted by Gasteiger charge is -2.01. The summed E-state index contributed by atoms with van der Waals surface area (Å²) < 4.78 is 11.4. The van der Waals surface area contributed by atoms with Crippen molar-refractivity contribution >= 4 is 34.7 Å². The standard InChI is InChI=1S/C16H11ClN4O2S2/c1-9(13-18-20-15(22-13)12-3-2-8-24-12)25-16-21-19-14(23-16)10-4-6-11(17)7-5-10/h2-9H,1H3. The van der Waals surface area contributed by atoms with Gasteiger partial charge in [-0.2, -0.15) is 0 Å². The molecule has 4 rings (SSSR count). The van der Waals surface area contributed by atoms with Crippen molar-refractivity contribution in [2.75, 3.05) is 0 Å². The Balaban J connectivity index is 1.48. The van der Waals surface area contributed by atoms with Gasteiger partial charge in [-0.3, -0.25) is 0 Å². The summed E-state index contributed by atoms with van der Waals surface area (Å²) in [5.41, 5.74) is 0.814. The van der Waals surface area contributed by atoms with Crippen molar-refractivity contribution in [2.45, 2.75) is 17.4 Å². The quantitative estimate of drug-likeness (QED) is 0.424. The third-order valence-electron chi connectivity index (χ3n) is 3.30. The van der Waals surface area contributed by atoms with Crippen molar-refractivity contribution in [3.05, 3.63) is 52.7 Å². The van der Waals surface area contributed by atoms with E-state index in [9.17, 15) is 0 Å². The maximum atomic E-state index is 5.89. The van der Waals surface area contributed by atoms with Crippen LogP contribution in [0.4, 0.5) is 0 Å². The Labute approximate surface area is 156 Å². The van der Waals surface area contributed by atoms with Gasteiger partial charge in [0.25, 0.3) is 11.1 Å². The minimum absolute atomic E-state index is 0.111. The Morgan fingerprint density at radius 3 is 2.56 bits per heavy atom. The van der Waals surface area contributed by atoms with Gasteiger partial charge in [-0.1, -0.05) is 29.4 Å². The van der Waals surface area contributed by atoms with Gasteiger partial charge in [0.15, 0.2) is 0 Å². The Kier molecular flexibility index (Phi) is 4.56. The summed E-state index contributed by atoms with van der Waals surface area (Å²) in [5.74, 6) is 1.47. The second-order valence-electron chi connectivity index (χ2n) is 5.06. The van der Waals surface area contributed by atoms with Gasteiger partial charge in [0, 0.05) is 10.6 Å². The topological polar surface area (TPSA) is 77.8 Å². The van der Waals surface area contributed by atoms with E-state index in [4.69, 9.17) is 20.4 Å². The number of thioether (sulfide) groups is 1. The number of hydrogen-bond acceptors (Lipinski definition) is 8. The maximum absolute atomic E-state index is 5.89. The van der Waals surface area contributed by atoms with Gasteiger partial charge < -0.3 is 8.83 Å². The number of thiophene rings is 1. The number of aromatic nitrogens is 4. The summed E-state index contributed by atoms with van der Waals surface area (Å²) in [5, 5.41) is 19.3. The molecule has 1 unspecified atom stereocenters. The summed E-state index contributed by atoms with van der Waals surface area (Å²) in [6, 6.07) is 11.1. The van der Waals surface area contributed by atoms with E-state index >= 15 is 0 Å². The minimum atomic E-state index is -0.111. The van der Waals surface area contributed by atoms with Crippen LogP contribution in [0.3, 0.4) is 0 Å². The number of hydrogen-bond donors (Lipinski definition) is 0. The molecule has 0 bridgehead atoms. The van der Waals surface area contributed by atoms with Crippen LogP contribution in [-0.4, -0.2) is 20.4 Å². The number of nitrogens with zero attached hydrogens (tertiary/aromatic N) is 4. The smallest absolute Gasteiger partial charge is 0.277 e. The SMILES string of the molecule is CC(Sc1nnc(-c2ccc(Cl)cc2)o1)c1nnc(-c2cccs2)o1. The molecular weight excluding hydrogens is 380 g/mol. The number of halogens is 1. The average Bonchev–Trinajstić information content (AvgIpc) is 3.36. The van der Waals surface area contributed by atoms with Gasteiger partial charge in [-0.15, -0.1) is 31.7 Å². The first-order chi connectivity index (χ1) is 12.2. The molecule has 9 heteroatoms. The fourth-order valence-corrected chi connectivity index (χ4v) is 3.55. The van der Waals surface area contributed by atoms with Crippen LogP contribution in [0.2, 0.25) is 5.02 Å². The molecule has 3 heterocycles. The molecule has 0 aliphatic heterocycles.